The van der Waals surface area contributed by atoms with Gasteiger partial charge in [0.25, 0.3) is 0 Å². The van der Waals surface area contributed by atoms with Gasteiger partial charge in [-0.2, -0.15) is 0 Å². The lowest BCUT2D eigenvalue weighted by molar-refractivity contribution is 0.0872. The molecule has 1 saturated heterocycles. The van der Waals surface area contributed by atoms with Crippen molar-refractivity contribution in [1.29, 1.82) is 0 Å². The Bertz CT molecular complexity index is 746. The Morgan fingerprint density at radius 2 is 2.30 bits per heavy atom. The first-order valence-corrected chi connectivity index (χ1v) is 7.99. The van der Waals surface area contributed by atoms with Gasteiger partial charge in [-0.15, -0.1) is 0 Å². The lowest BCUT2D eigenvalue weighted by atomic mass is 10.1. The van der Waals surface area contributed by atoms with Crippen LogP contribution in [0.5, 0.6) is 0 Å². The number of aliphatic imine (C=N–C) groups is 1. The fourth-order valence-electron chi connectivity index (χ4n) is 2.76. The highest BCUT2D eigenvalue weighted by Crippen LogP contribution is 2.34. The fourth-order valence-corrected chi connectivity index (χ4v) is 3.00. The highest BCUT2D eigenvalue weighted by molar-refractivity contribution is 6.37. The molecule has 7 heteroatoms. The first kappa shape index (κ1) is 15.8. The van der Waals surface area contributed by atoms with E-state index in [0.29, 0.717) is 5.02 Å². The third-order valence-electron chi connectivity index (χ3n) is 4.01. The smallest absolute Gasteiger partial charge is 0.140 e. The van der Waals surface area contributed by atoms with Gasteiger partial charge in [-0.1, -0.05) is 11.6 Å². The Kier molecular flexibility index (Phi) is 4.83. The number of H-pyrrole nitrogens is 1. The predicted molar refractivity (Wildman–Crippen MR) is 95.1 cm³/mol. The van der Waals surface area contributed by atoms with Crippen LogP contribution in [0.15, 0.2) is 23.6 Å². The van der Waals surface area contributed by atoms with Crippen molar-refractivity contribution in [2.45, 2.75) is 18.9 Å². The molecule has 6 nitrogen and oxygen atoms in total. The Labute approximate surface area is 139 Å². The summed E-state index contributed by atoms with van der Waals surface area (Å²) in [5, 5.41) is 4.67. The minimum atomic E-state index is 0.282. The molecule has 0 aromatic carbocycles. The number of hydrogen-bond acceptors (Lipinski definition) is 5. The number of rotatable bonds is 4. The Balaban J connectivity index is 1.96. The van der Waals surface area contributed by atoms with E-state index >= 15 is 0 Å². The number of aromatic nitrogens is 2. The Morgan fingerprint density at radius 1 is 1.52 bits per heavy atom. The van der Waals surface area contributed by atoms with Crippen molar-refractivity contribution in [3.05, 3.63) is 29.2 Å². The van der Waals surface area contributed by atoms with Crippen LogP contribution in [0.4, 0.5) is 5.69 Å². The summed E-state index contributed by atoms with van der Waals surface area (Å²) in [6.45, 7) is 1.52. The third kappa shape index (κ3) is 3.18. The minimum Gasteiger partial charge on any atom is -0.404 e. The summed E-state index contributed by atoms with van der Waals surface area (Å²) in [6.07, 6.45) is 8.75. The number of hydrogen-bond donors (Lipinski definition) is 3. The van der Waals surface area contributed by atoms with Crippen molar-refractivity contribution in [3.63, 3.8) is 0 Å². The molecule has 0 aliphatic carbocycles. The summed E-state index contributed by atoms with van der Waals surface area (Å²) < 4.78 is 5.36. The number of nitrogens with two attached hydrogens (primary N) is 1. The quantitative estimate of drug-likeness (QED) is 0.751. The van der Waals surface area contributed by atoms with Crippen LogP contribution in [-0.4, -0.2) is 42.5 Å². The average Bonchev–Trinajstić information content (AvgIpc) is 2.97. The van der Waals surface area contributed by atoms with Crippen LogP contribution >= 0.6 is 11.6 Å². The van der Waals surface area contributed by atoms with Gasteiger partial charge in [-0.05, 0) is 12.8 Å². The van der Waals surface area contributed by atoms with E-state index in [0.717, 1.165) is 53.9 Å². The molecule has 0 atom stereocenters. The molecule has 2 aromatic rings. The van der Waals surface area contributed by atoms with Crippen LogP contribution in [0.1, 0.15) is 18.4 Å². The first-order valence-electron chi connectivity index (χ1n) is 7.61. The summed E-state index contributed by atoms with van der Waals surface area (Å²) in [6, 6.07) is 0.282. The minimum absolute atomic E-state index is 0.282. The highest BCUT2D eigenvalue weighted by Gasteiger charge is 2.15. The lowest BCUT2D eigenvalue weighted by Crippen LogP contribution is -2.18. The van der Waals surface area contributed by atoms with E-state index in [-0.39, 0.29) is 6.04 Å². The van der Waals surface area contributed by atoms with Crippen molar-refractivity contribution in [2.75, 3.05) is 25.6 Å². The van der Waals surface area contributed by atoms with Gasteiger partial charge >= 0.3 is 0 Å². The molecule has 0 amide bonds. The van der Waals surface area contributed by atoms with Crippen molar-refractivity contribution >= 4 is 40.1 Å². The van der Waals surface area contributed by atoms with Crippen LogP contribution in [0.2, 0.25) is 5.02 Å². The van der Waals surface area contributed by atoms with E-state index in [1.165, 1.54) is 0 Å². The van der Waals surface area contributed by atoms with E-state index in [2.05, 4.69) is 20.3 Å². The molecule has 1 aliphatic heterocycles. The Morgan fingerprint density at radius 3 is 3.00 bits per heavy atom. The normalized spacial score (nSPS) is 17.2. The molecule has 0 spiro atoms. The van der Waals surface area contributed by atoms with Gasteiger partial charge in [0.2, 0.25) is 0 Å². The summed E-state index contributed by atoms with van der Waals surface area (Å²) in [5.74, 6) is 0. The van der Waals surface area contributed by atoms with Crippen molar-refractivity contribution in [1.82, 2.24) is 9.97 Å². The Hall–Kier alpha value is -2.05. The standard InChI is InChI=1S/C16H20ClN5O/c1-19-15-12(8-21-16-14(15)13(17)9-22-16)10(6-18)7-20-11-2-4-23-5-3-11/h6-9,11H,2-5,18H2,1H3,(H2,19,21,22)/b10-6+,20-7?. The van der Waals surface area contributed by atoms with Crippen LogP contribution in [0.25, 0.3) is 16.6 Å². The number of fused-ring (bicyclic) bond motifs is 1. The SMILES string of the molecule is CNc1c(/C(C=NC2CCOCC2)=C/N)cnc2[nH]cc(Cl)c12. The molecule has 122 valence electrons. The van der Waals surface area contributed by atoms with E-state index in [1.807, 2.05) is 13.3 Å². The zero-order valence-corrected chi connectivity index (χ0v) is 13.7. The number of anilines is 1. The largest absolute Gasteiger partial charge is 0.404 e. The molecule has 1 fully saturated rings. The molecular formula is C16H20ClN5O. The molecule has 0 radical (unpaired) electrons. The molecule has 0 bridgehead atoms. The molecular weight excluding hydrogens is 314 g/mol. The molecule has 3 heterocycles. The molecule has 2 aromatic heterocycles. The third-order valence-corrected chi connectivity index (χ3v) is 4.31. The number of allylic oxidation sites excluding steroid dienone is 1. The van der Waals surface area contributed by atoms with Gasteiger partial charge in [0.1, 0.15) is 5.65 Å². The van der Waals surface area contributed by atoms with E-state index in [4.69, 9.17) is 22.1 Å². The number of nitrogens with one attached hydrogen (secondary N) is 2. The second kappa shape index (κ2) is 7.02. The second-order valence-electron chi connectivity index (χ2n) is 5.40. The maximum absolute atomic E-state index is 6.27. The van der Waals surface area contributed by atoms with E-state index < -0.39 is 0 Å². The average molecular weight is 334 g/mol. The summed E-state index contributed by atoms with van der Waals surface area (Å²) in [7, 11) is 1.85. The maximum Gasteiger partial charge on any atom is 0.140 e. The topological polar surface area (TPSA) is 88.3 Å². The molecule has 0 unspecified atom stereocenters. The fraction of sp³-hybridized carbons (Fsp3) is 0.375. The zero-order chi connectivity index (χ0) is 16.2. The van der Waals surface area contributed by atoms with Gasteiger partial charge in [0.15, 0.2) is 0 Å². The van der Waals surface area contributed by atoms with Crippen LogP contribution < -0.4 is 11.1 Å². The molecule has 3 rings (SSSR count). The molecule has 23 heavy (non-hydrogen) atoms. The van der Waals surface area contributed by atoms with Crippen LogP contribution in [0.3, 0.4) is 0 Å². The number of pyridine rings is 1. The number of nitrogens with zero attached hydrogens (tertiary/aromatic N) is 2. The second-order valence-corrected chi connectivity index (χ2v) is 5.81. The van der Waals surface area contributed by atoms with Crippen LogP contribution in [0, 0.1) is 0 Å². The lowest BCUT2D eigenvalue weighted by Gasteiger charge is -2.18. The predicted octanol–water partition coefficient (Wildman–Crippen LogP) is 2.81. The van der Waals surface area contributed by atoms with Crippen LogP contribution in [-0.2, 0) is 4.74 Å². The highest BCUT2D eigenvalue weighted by atomic mass is 35.5. The van der Waals surface area contributed by atoms with Gasteiger partial charge in [-0.3, -0.25) is 4.99 Å². The van der Waals surface area contributed by atoms with Crippen molar-refractivity contribution < 1.29 is 4.74 Å². The summed E-state index contributed by atoms with van der Waals surface area (Å²) >= 11 is 6.27. The van der Waals surface area contributed by atoms with E-state index in [9.17, 15) is 0 Å². The van der Waals surface area contributed by atoms with Gasteiger partial charge < -0.3 is 20.8 Å². The van der Waals surface area contributed by atoms with Gasteiger partial charge in [-0.25, -0.2) is 4.98 Å². The molecule has 0 saturated carbocycles. The van der Waals surface area contributed by atoms with Crippen molar-refractivity contribution in [2.24, 2.45) is 10.7 Å². The van der Waals surface area contributed by atoms with Gasteiger partial charge in [0.05, 0.1) is 22.1 Å². The van der Waals surface area contributed by atoms with Crippen molar-refractivity contribution in [3.8, 4) is 0 Å². The van der Waals surface area contributed by atoms with Gasteiger partial charge in [0, 0.05) is 56.2 Å². The zero-order valence-electron chi connectivity index (χ0n) is 13.0. The number of halogens is 1. The molecule has 4 N–H and O–H groups in total. The summed E-state index contributed by atoms with van der Waals surface area (Å²) in [5.41, 5.74) is 9.14. The number of ether oxygens (including phenoxy) is 1. The molecule has 1 aliphatic rings. The monoisotopic (exact) mass is 333 g/mol. The summed E-state index contributed by atoms with van der Waals surface area (Å²) in [4.78, 5) is 12.1. The van der Waals surface area contributed by atoms with E-state index in [1.54, 1.807) is 18.6 Å². The maximum atomic E-state index is 6.27. The number of aromatic amines is 1. The first-order chi connectivity index (χ1) is 11.2.